The number of carbonyl (C=O) groups is 1. The monoisotopic (exact) mass is 337 g/mol. The summed E-state index contributed by atoms with van der Waals surface area (Å²) < 4.78 is 0. The van der Waals surface area contributed by atoms with Gasteiger partial charge in [-0.15, -0.1) is 0 Å². The van der Waals surface area contributed by atoms with Gasteiger partial charge < -0.3 is 10.2 Å². The highest BCUT2D eigenvalue weighted by Gasteiger charge is 2.15. The summed E-state index contributed by atoms with van der Waals surface area (Å²) in [5.74, 6) is -0.116. The lowest BCUT2D eigenvalue weighted by Crippen LogP contribution is -2.41. The van der Waals surface area contributed by atoms with E-state index in [0.29, 0.717) is 17.8 Å². The Labute approximate surface area is 147 Å². The van der Waals surface area contributed by atoms with Crippen LogP contribution in [0.2, 0.25) is 0 Å². The molecule has 2 aromatic heterocycles. The first-order valence-electron chi connectivity index (χ1n) is 8.34. The van der Waals surface area contributed by atoms with Gasteiger partial charge in [-0.3, -0.25) is 9.89 Å². The van der Waals surface area contributed by atoms with Gasteiger partial charge in [0.2, 0.25) is 0 Å². The van der Waals surface area contributed by atoms with Crippen LogP contribution >= 0.6 is 0 Å². The number of hydrogen-bond acceptors (Lipinski definition) is 4. The van der Waals surface area contributed by atoms with E-state index in [-0.39, 0.29) is 11.9 Å². The second kappa shape index (κ2) is 7.44. The minimum atomic E-state index is -0.116. The van der Waals surface area contributed by atoms with Crippen LogP contribution in [0.15, 0.2) is 42.6 Å². The van der Waals surface area contributed by atoms with Crippen LogP contribution in [0.5, 0.6) is 0 Å². The van der Waals surface area contributed by atoms with Crippen molar-refractivity contribution in [1.29, 1.82) is 0 Å². The molecule has 1 amide bonds. The maximum absolute atomic E-state index is 12.5. The van der Waals surface area contributed by atoms with Crippen LogP contribution in [0.4, 0.5) is 0 Å². The van der Waals surface area contributed by atoms with E-state index in [1.807, 2.05) is 45.3 Å². The van der Waals surface area contributed by atoms with E-state index in [4.69, 9.17) is 0 Å². The van der Waals surface area contributed by atoms with E-state index in [1.54, 1.807) is 6.20 Å². The maximum Gasteiger partial charge on any atom is 0.252 e. The van der Waals surface area contributed by atoms with Crippen LogP contribution in [0.1, 0.15) is 21.6 Å². The topological polar surface area (TPSA) is 73.9 Å². The van der Waals surface area contributed by atoms with E-state index in [9.17, 15) is 4.79 Å². The van der Waals surface area contributed by atoms with Gasteiger partial charge in [-0.25, -0.2) is 4.98 Å². The summed E-state index contributed by atoms with van der Waals surface area (Å²) in [5, 5.41) is 10.9. The van der Waals surface area contributed by atoms with Crippen molar-refractivity contribution in [2.24, 2.45) is 0 Å². The minimum Gasteiger partial charge on any atom is -0.350 e. The van der Waals surface area contributed by atoms with Crippen molar-refractivity contribution in [1.82, 2.24) is 25.4 Å². The number of aromatic nitrogens is 3. The Morgan fingerprint density at radius 1 is 1.28 bits per heavy atom. The molecule has 0 aliphatic heterocycles. The number of fused-ring (bicyclic) bond motifs is 1. The molecule has 0 unspecified atom stereocenters. The van der Waals surface area contributed by atoms with Crippen molar-refractivity contribution >= 4 is 16.9 Å². The molecule has 0 saturated heterocycles. The third-order valence-electron chi connectivity index (χ3n) is 4.41. The fourth-order valence-electron chi connectivity index (χ4n) is 2.78. The number of rotatable bonds is 6. The Morgan fingerprint density at radius 2 is 2.04 bits per heavy atom. The number of pyridine rings is 1. The number of likely N-dealkylation sites (N-methyl/N-ethyl adjacent to an activating group) is 1. The number of H-pyrrole nitrogens is 1. The third-order valence-corrected chi connectivity index (χ3v) is 4.41. The van der Waals surface area contributed by atoms with Crippen molar-refractivity contribution in [3.63, 3.8) is 0 Å². The summed E-state index contributed by atoms with van der Waals surface area (Å²) in [5.41, 5.74) is 3.35. The van der Waals surface area contributed by atoms with Gasteiger partial charge in [0.25, 0.3) is 5.91 Å². The molecular weight excluding hydrogens is 314 g/mol. The van der Waals surface area contributed by atoms with E-state index < -0.39 is 0 Å². The summed E-state index contributed by atoms with van der Waals surface area (Å²) in [6.45, 7) is 2.49. The standard InChI is InChI=1S/C19H23N5O/c1-13-17-10-15(11-20-18(17)23-22-13)19(25)21-12-16(24(2)3)9-14-7-5-4-6-8-14/h4-8,10-11,16H,9,12H2,1-3H3,(H,21,25)(H,20,22,23)/t16-/m0/s1. The summed E-state index contributed by atoms with van der Waals surface area (Å²) in [6, 6.07) is 12.4. The van der Waals surface area contributed by atoms with Gasteiger partial charge in [0, 0.05) is 29.9 Å². The molecule has 0 radical (unpaired) electrons. The first-order chi connectivity index (χ1) is 12.0. The normalized spacial score (nSPS) is 12.5. The van der Waals surface area contributed by atoms with Gasteiger partial charge >= 0.3 is 0 Å². The number of carbonyl (C=O) groups excluding carboxylic acids is 1. The average molecular weight is 337 g/mol. The summed E-state index contributed by atoms with van der Waals surface area (Å²) >= 11 is 0. The number of amides is 1. The quantitative estimate of drug-likeness (QED) is 0.723. The van der Waals surface area contributed by atoms with E-state index >= 15 is 0 Å². The molecule has 0 saturated carbocycles. The molecule has 6 heteroatoms. The van der Waals surface area contributed by atoms with Gasteiger partial charge in [-0.05, 0) is 39.1 Å². The smallest absolute Gasteiger partial charge is 0.252 e. The molecule has 2 heterocycles. The van der Waals surface area contributed by atoms with Crippen molar-refractivity contribution < 1.29 is 4.79 Å². The summed E-state index contributed by atoms with van der Waals surface area (Å²) in [4.78, 5) is 18.9. The molecule has 25 heavy (non-hydrogen) atoms. The van der Waals surface area contributed by atoms with E-state index in [2.05, 4.69) is 37.5 Å². The summed E-state index contributed by atoms with van der Waals surface area (Å²) in [7, 11) is 4.06. The predicted octanol–water partition coefficient (Wildman–Crippen LogP) is 2.17. The van der Waals surface area contributed by atoms with Crippen molar-refractivity contribution in [3.05, 3.63) is 59.4 Å². The Bertz CT molecular complexity index is 857. The Balaban J connectivity index is 1.67. The second-order valence-electron chi connectivity index (χ2n) is 6.46. The van der Waals surface area contributed by atoms with Crippen LogP contribution in [-0.4, -0.2) is 52.7 Å². The highest BCUT2D eigenvalue weighted by Crippen LogP contribution is 2.14. The molecule has 130 valence electrons. The molecule has 3 aromatic rings. The van der Waals surface area contributed by atoms with Crippen molar-refractivity contribution in [3.8, 4) is 0 Å². The highest BCUT2D eigenvalue weighted by atomic mass is 16.1. The molecular formula is C19H23N5O. The number of nitrogens with zero attached hydrogens (tertiary/aromatic N) is 3. The molecule has 1 atom stereocenters. The van der Waals surface area contributed by atoms with Gasteiger partial charge in [-0.1, -0.05) is 30.3 Å². The van der Waals surface area contributed by atoms with Gasteiger partial charge in [0.1, 0.15) is 0 Å². The molecule has 1 aromatic carbocycles. The van der Waals surface area contributed by atoms with Crippen molar-refractivity contribution in [2.45, 2.75) is 19.4 Å². The Kier molecular flexibility index (Phi) is 5.09. The van der Waals surface area contributed by atoms with Crippen LogP contribution in [0.25, 0.3) is 11.0 Å². The zero-order valence-electron chi connectivity index (χ0n) is 14.8. The Morgan fingerprint density at radius 3 is 2.76 bits per heavy atom. The second-order valence-corrected chi connectivity index (χ2v) is 6.46. The fraction of sp³-hybridized carbons (Fsp3) is 0.316. The molecule has 0 aliphatic carbocycles. The first kappa shape index (κ1) is 17.1. The molecule has 6 nitrogen and oxygen atoms in total. The molecule has 0 bridgehead atoms. The maximum atomic E-state index is 12.5. The molecule has 0 aliphatic rings. The van der Waals surface area contributed by atoms with E-state index in [0.717, 1.165) is 17.5 Å². The largest absolute Gasteiger partial charge is 0.350 e. The number of aryl methyl sites for hydroxylation is 1. The number of aromatic amines is 1. The van der Waals surface area contributed by atoms with E-state index in [1.165, 1.54) is 5.56 Å². The summed E-state index contributed by atoms with van der Waals surface area (Å²) in [6.07, 6.45) is 2.45. The molecule has 0 spiro atoms. The Hall–Kier alpha value is -2.73. The lowest BCUT2D eigenvalue weighted by molar-refractivity contribution is 0.0941. The van der Waals surface area contributed by atoms with Crippen LogP contribution < -0.4 is 5.32 Å². The van der Waals surface area contributed by atoms with Crippen LogP contribution in [-0.2, 0) is 6.42 Å². The first-order valence-corrected chi connectivity index (χ1v) is 8.34. The number of hydrogen-bond donors (Lipinski definition) is 2. The highest BCUT2D eigenvalue weighted by molar-refractivity contribution is 5.97. The molecule has 3 rings (SSSR count). The van der Waals surface area contributed by atoms with Crippen molar-refractivity contribution in [2.75, 3.05) is 20.6 Å². The van der Waals surface area contributed by atoms with Gasteiger partial charge in [-0.2, -0.15) is 5.10 Å². The lowest BCUT2D eigenvalue weighted by Gasteiger charge is -2.24. The van der Waals surface area contributed by atoms with Gasteiger partial charge in [0.05, 0.1) is 5.56 Å². The third kappa shape index (κ3) is 4.03. The number of nitrogens with one attached hydrogen (secondary N) is 2. The lowest BCUT2D eigenvalue weighted by atomic mass is 10.1. The fourth-order valence-corrected chi connectivity index (χ4v) is 2.78. The number of benzene rings is 1. The van der Waals surface area contributed by atoms with Crippen LogP contribution in [0, 0.1) is 6.92 Å². The SMILES string of the molecule is Cc1[nH]nc2ncc(C(=O)NC[C@H](Cc3ccccc3)N(C)C)cc12. The van der Waals surface area contributed by atoms with Gasteiger partial charge in [0.15, 0.2) is 5.65 Å². The zero-order chi connectivity index (χ0) is 17.8. The van der Waals surface area contributed by atoms with Crippen LogP contribution in [0.3, 0.4) is 0 Å². The molecule has 0 fully saturated rings. The molecule has 2 N–H and O–H groups in total. The average Bonchev–Trinajstić information content (AvgIpc) is 2.99. The minimum absolute atomic E-state index is 0.116. The predicted molar refractivity (Wildman–Crippen MR) is 98.6 cm³/mol. The zero-order valence-corrected chi connectivity index (χ0v) is 14.8.